The lowest BCUT2D eigenvalue weighted by molar-refractivity contribution is -0.146. The summed E-state index contributed by atoms with van der Waals surface area (Å²) in [5.74, 6) is -0.0903. The van der Waals surface area contributed by atoms with Crippen molar-refractivity contribution in [2.75, 3.05) is 45.3 Å². The van der Waals surface area contributed by atoms with Crippen molar-refractivity contribution in [3.63, 3.8) is 0 Å². The van der Waals surface area contributed by atoms with Gasteiger partial charge in [-0.2, -0.15) is 17.7 Å². The number of halogens is 3. The standard InChI is InChI=1S/C19H21F3N6O2/c1-29-14-4-2-13(3-5-14)15(27-8-10-30-11-9-27)12-23-16-6-7-17-24-25-18(19(20,21)22)28(17)26-16/h2-7,15H,8-12H2,1H3,(H,23,26). The van der Waals surface area contributed by atoms with E-state index in [4.69, 9.17) is 9.47 Å². The first-order chi connectivity index (χ1) is 14.5. The smallest absolute Gasteiger partial charge is 0.453 e. The fourth-order valence-electron chi connectivity index (χ4n) is 3.43. The van der Waals surface area contributed by atoms with E-state index in [2.05, 4.69) is 25.5 Å². The van der Waals surface area contributed by atoms with Crippen LogP contribution in [-0.4, -0.2) is 64.7 Å². The number of fused-ring (bicyclic) bond motifs is 1. The SMILES string of the molecule is COc1ccc(C(CNc2ccc3nnc(C(F)(F)F)n3n2)N2CCOCC2)cc1. The van der Waals surface area contributed by atoms with Crippen molar-refractivity contribution < 1.29 is 22.6 Å². The minimum atomic E-state index is -4.63. The summed E-state index contributed by atoms with van der Waals surface area (Å²) >= 11 is 0. The second-order valence-electron chi connectivity index (χ2n) is 6.83. The van der Waals surface area contributed by atoms with Crippen LogP contribution in [0.4, 0.5) is 19.0 Å². The Morgan fingerprint density at radius 2 is 1.83 bits per heavy atom. The summed E-state index contributed by atoms with van der Waals surface area (Å²) in [6, 6.07) is 10.8. The summed E-state index contributed by atoms with van der Waals surface area (Å²) in [6.07, 6.45) is -4.63. The minimum absolute atomic E-state index is 0.0136. The Hall–Kier alpha value is -2.92. The minimum Gasteiger partial charge on any atom is -0.497 e. The first-order valence-electron chi connectivity index (χ1n) is 9.45. The van der Waals surface area contributed by atoms with Crippen LogP contribution in [0.15, 0.2) is 36.4 Å². The van der Waals surface area contributed by atoms with Gasteiger partial charge >= 0.3 is 6.18 Å². The molecule has 1 saturated heterocycles. The van der Waals surface area contributed by atoms with Gasteiger partial charge in [-0.3, -0.25) is 4.90 Å². The van der Waals surface area contributed by atoms with Gasteiger partial charge in [-0.05, 0) is 29.8 Å². The number of hydrogen-bond donors (Lipinski definition) is 1. The third kappa shape index (κ3) is 4.31. The number of rotatable bonds is 6. The Balaban J connectivity index is 1.57. The van der Waals surface area contributed by atoms with Gasteiger partial charge in [-0.15, -0.1) is 15.3 Å². The molecular weight excluding hydrogens is 401 g/mol. The number of anilines is 1. The van der Waals surface area contributed by atoms with E-state index < -0.39 is 12.0 Å². The molecule has 0 radical (unpaired) electrons. The fraction of sp³-hybridized carbons (Fsp3) is 0.421. The molecule has 0 bridgehead atoms. The highest BCUT2D eigenvalue weighted by Gasteiger charge is 2.37. The van der Waals surface area contributed by atoms with Gasteiger partial charge in [0.25, 0.3) is 5.82 Å². The molecule has 0 saturated carbocycles. The molecule has 1 aromatic carbocycles. The second kappa shape index (κ2) is 8.44. The molecule has 1 aliphatic heterocycles. The summed E-state index contributed by atoms with van der Waals surface area (Å²) in [5, 5.41) is 13.9. The van der Waals surface area contributed by atoms with E-state index in [1.807, 2.05) is 24.3 Å². The van der Waals surface area contributed by atoms with Crippen LogP contribution in [0.5, 0.6) is 5.75 Å². The topological polar surface area (TPSA) is 76.8 Å². The molecule has 11 heteroatoms. The molecule has 1 N–H and O–H groups in total. The number of hydrogen-bond acceptors (Lipinski definition) is 7. The van der Waals surface area contributed by atoms with Crippen LogP contribution in [-0.2, 0) is 10.9 Å². The van der Waals surface area contributed by atoms with E-state index in [1.165, 1.54) is 6.07 Å². The molecule has 8 nitrogen and oxygen atoms in total. The molecule has 0 aliphatic carbocycles. The number of methoxy groups -OCH3 is 1. The number of ether oxygens (including phenoxy) is 2. The number of benzene rings is 1. The van der Waals surface area contributed by atoms with Gasteiger partial charge in [-0.1, -0.05) is 12.1 Å². The van der Waals surface area contributed by atoms with Gasteiger partial charge in [0.1, 0.15) is 11.6 Å². The van der Waals surface area contributed by atoms with Crippen molar-refractivity contribution >= 4 is 11.5 Å². The van der Waals surface area contributed by atoms with Crippen molar-refractivity contribution in [2.24, 2.45) is 0 Å². The highest BCUT2D eigenvalue weighted by Crippen LogP contribution is 2.28. The molecule has 1 unspecified atom stereocenters. The lowest BCUT2D eigenvalue weighted by Crippen LogP contribution is -2.41. The number of nitrogens with zero attached hydrogens (tertiary/aromatic N) is 5. The lowest BCUT2D eigenvalue weighted by atomic mass is 10.0. The maximum Gasteiger partial charge on any atom is 0.453 e. The number of alkyl halides is 3. The molecule has 3 aromatic rings. The molecule has 2 aromatic heterocycles. The van der Waals surface area contributed by atoms with Gasteiger partial charge in [-0.25, -0.2) is 0 Å². The summed E-state index contributed by atoms with van der Waals surface area (Å²) < 4.78 is 50.7. The zero-order valence-corrected chi connectivity index (χ0v) is 16.3. The third-order valence-electron chi connectivity index (χ3n) is 4.98. The van der Waals surface area contributed by atoms with Crippen LogP contribution < -0.4 is 10.1 Å². The van der Waals surface area contributed by atoms with E-state index in [1.54, 1.807) is 13.2 Å². The summed E-state index contributed by atoms with van der Waals surface area (Å²) in [6.45, 7) is 3.23. The van der Waals surface area contributed by atoms with E-state index in [9.17, 15) is 13.2 Å². The molecule has 30 heavy (non-hydrogen) atoms. The number of aromatic nitrogens is 4. The number of morpholine rings is 1. The van der Waals surface area contributed by atoms with Gasteiger partial charge in [0, 0.05) is 19.6 Å². The van der Waals surface area contributed by atoms with Crippen LogP contribution >= 0.6 is 0 Å². The highest BCUT2D eigenvalue weighted by atomic mass is 19.4. The van der Waals surface area contributed by atoms with Gasteiger partial charge in [0.15, 0.2) is 5.65 Å². The van der Waals surface area contributed by atoms with Gasteiger partial charge in [0.05, 0.1) is 26.4 Å². The molecule has 1 aliphatic rings. The van der Waals surface area contributed by atoms with Crippen LogP contribution in [0.25, 0.3) is 5.65 Å². The maximum absolute atomic E-state index is 13.1. The van der Waals surface area contributed by atoms with Crippen molar-refractivity contribution in [1.29, 1.82) is 0 Å². The summed E-state index contributed by atoms with van der Waals surface area (Å²) in [4.78, 5) is 2.27. The van der Waals surface area contributed by atoms with Gasteiger partial charge in [0.2, 0.25) is 0 Å². The lowest BCUT2D eigenvalue weighted by Gasteiger charge is -2.35. The molecule has 0 amide bonds. The van der Waals surface area contributed by atoms with Crippen LogP contribution in [0.1, 0.15) is 17.4 Å². The average Bonchev–Trinajstić information content (AvgIpc) is 3.19. The number of nitrogens with one attached hydrogen (secondary N) is 1. The third-order valence-corrected chi connectivity index (χ3v) is 4.98. The first-order valence-corrected chi connectivity index (χ1v) is 9.45. The molecule has 1 atom stereocenters. The van der Waals surface area contributed by atoms with Crippen molar-refractivity contribution in [3.05, 3.63) is 47.8 Å². The molecule has 3 heterocycles. The van der Waals surface area contributed by atoms with Gasteiger partial charge < -0.3 is 14.8 Å². The van der Waals surface area contributed by atoms with E-state index >= 15 is 0 Å². The largest absolute Gasteiger partial charge is 0.497 e. The Morgan fingerprint density at radius 3 is 2.50 bits per heavy atom. The zero-order chi connectivity index (χ0) is 21.1. The zero-order valence-electron chi connectivity index (χ0n) is 16.3. The molecule has 1 fully saturated rings. The Labute approximate surface area is 170 Å². The predicted octanol–water partition coefficient (Wildman–Crippen LogP) is 2.64. The van der Waals surface area contributed by atoms with Crippen molar-refractivity contribution in [1.82, 2.24) is 24.7 Å². The monoisotopic (exact) mass is 422 g/mol. The molecule has 160 valence electrons. The Morgan fingerprint density at radius 1 is 1.10 bits per heavy atom. The summed E-state index contributed by atoms with van der Waals surface area (Å²) in [5.41, 5.74) is 1.10. The fourth-order valence-corrected chi connectivity index (χ4v) is 3.43. The second-order valence-corrected chi connectivity index (χ2v) is 6.83. The van der Waals surface area contributed by atoms with Crippen LogP contribution in [0.3, 0.4) is 0 Å². The molecular formula is C19H21F3N6O2. The normalized spacial score (nSPS) is 16.5. The van der Waals surface area contributed by atoms with Crippen molar-refractivity contribution in [2.45, 2.75) is 12.2 Å². The first kappa shape index (κ1) is 20.4. The summed E-state index contributed by atoms with van der Waals surface area (Å²) in [7, 11) is 1.61. The van der Waals surface area contributed by atoms with Crippen LogP contribution in [0.2, 0.25) is 0 Å². The van der Waals surface area contributed by atoms with E-state index in [0.717, 1.165) is 24.4 Å². The predicted molar refractivity (Wildman–Crippen MR) is 102 cm³/mol. The highest BCUT2D eigenvalue weighted by molar-refractivity contribution is 5.44. The van der Waals surface area contributed by atoms with E-state index in [-0.39, 0.29) is 11.7 Å². The maximum atomic E-state index is 13.1. The van der Waals surface area contributed by atoms with Crippen molar-refractivity contribution in [3.8, 4) is 5.75 Å². The molecule has 4 rings (SSSR count). The Kier molecular flexibility index (Phi) is 5.73. The van der Waals surface area contributed by atoms with Crippen LogP contribution in [0, 0.1) is 0 Å². The average molecular weight is 422 g/mol. The Bertz CT molecular complexity index is 986. The quantitative estimate of drug-likeness (QED) is 0.655. The van der Waals surface area contributed by atoms with E-state index in [0.29, 0.717) is 30.1 Å². The molecule has 0 spiro atoms.